The summed E-state index contributed by atoms with van der Waals surface area (Å²) in [6.07, 6.45) is 0.120. The number of anilines is 1. The zero-order chi connectivity index (χ0) is 14.5. The molecule has 0 unspecified atom stereocenters. The zero-order valence-corrected chi connectivity index (χ0v) is 11.5. The summed E-state index contributed by atoms with van der Waals surface area (Å²) in [5.74, 6) is -0.918. The Bertz CT molecular complexity index is 625. The summed E-state index contributed by atoms with van der Waals surface area (Å²) < 4.78 is 12.7. The minimum atomic E-state index is -0.343. The van der Waals surface area contributed by atoms with Crippen molar-refractivity contribution in [2.75, 3.05) is 12.4 Å². The summed E-state index contributed by atoms with van der Waals surface area (Å²) in [5.41, 5.74) is 0.960. The van der Waals surface area contributed by atoms with Gasteiger partial charge in [0.25, 0.3) is 5.91 Å². The van der Waals surface area contributed by atoms with Gasteiger partial charge in [-0.3, -0.25) is 9.59 Å². The number of hydrogen-bond donors (Lipinski definition) is 2. The van der Waals surface area contributed by atoms with Gasteiger partial charge in [-0.15, -0.1) is 11.3 Å². The molecule has 2 amide bonds. The predicted octanol–water partition coefficient (Wildman–Crippen LogP) is 1.82. The Morgan fingerprint density at radius 1 is 1.30 bits per heavy atom. The van der Waals surface area contributed by atoms with Crippen LogP contribution >= 0.6 is 11.3 Å². The van der Waals surface area contributed by atoms with Crippen LogP contribution in [0.3, 0.4) is 0 Å². The maximum Gasteiger partial charge on any atom is 0.270 e. The highest BCUT2D eigenvalue weighted by Crippen LogP contribution is 2.15. The molecule has 20 heavy (non-hydrogen) atoms. The van der Waals surface area contributed by atoms with Gasteiger partial charge in [0.2, 0.25) is 5.91 Å². The molecular formula is C13H12FN3O2S. The van der Waals surface area contributed by atoms with Crippen molar-refractivity contribution in [2.24, 2.45) is 0 Å². The maximum atomic E-state index is 12.7. The molecule has 0 bridgehead atoms. The first-order valence-corrected chi connectivity index (χ1v) is 6.68. The second-order valence-electron chi connectivity index (χ2n) is 3.97. The molecule has 0 aliphatic heterocycles. The van der Waals surface area contributed by atoms with Gasteiger partial charge < -0.3 is 10.6 Å². The standard InChI is InChI=1S/C13H12FN3O2S/c1-15-12(19)10-7-20-13(16-10)17-11(18)6-8-2-4-9(14)5-3-8/h2-5,7H,6H2,1H3,(H,15,19)(H,16,17,18). The SMILES string of the molecule is CNC(=O)c1csc(NC(=O)Cc2ccc(F)cc2)n1. The molecular weight excluding hydrogens is 281 g/mol. The van der Waals surface area contributed by atoms with Crippen LogP contribution in [0.15, 0.2) is 29.6 Å². The molecule has 2 N–H and O–H groups in total. The van der Waals surface area contributed by atoms with E-state index in [1.54, 1.807) is 17.5 Å². The van der Waals surface area contributed by atoms with Gasteiger partial charge in [-0.25, -0.2) is 9.37 Å². The third kappa shape index (κ3) is 3.61. The van der Waals surface area contributed by atoms with Gasteiger partial charge in [-0.2, -0.15) is 0 Å². The highest BCUT2D eigenvalue weighted by molar-refractivity contribution is 7.14. The number of halogens is 1. The normalized spacial score (nSPS) is 10.1. The van der Waals surface area contributed by atoms with E-state index < -0.39 is 0 Å². The Labute approximate surface area is 118 Å². The fraction of sp³-hybridized carbons (Fsp3) is 0.154. The largest absolute Gasteiger partial charge is 0.354 e. The van der Waals surface area contributed by atoms with Gasteiger partial charge in [0, 0.05) is 12.4 Å². The van der Waals surface area contributed by atoms with Crippen molar-refractivity contribution < 1.29 is 14.0 Å². The number of nitrogens with zero attached hydrogens (tertiary/aromatic N) is 1. The lowest BCUT2D eigenvalue weighted by molar-refractivity contribution is -0.115. The van der Waals surface area contributed by atoms with Crippen molar-refractivity contribution in [3.63, 3.8) is 0 Å². The van der Waals surface area contributed by atoms with Crippen molar-refractivity contribution in [1.29, 1.82) is 0 Å². The Hall–Kier alpha value is -2.28. The van der Waals surface area contributed by atoms with E-state index in [0.717, 1.165) is 0 Å². The molecule has 2 aromatic rings. The lowest BCUT2D eigenvalue weighted by atomic mass is 10.1. The monoisotopic (exact) mass is 293 g/mol. The molecule has 0 saturated heterocycles. The Kier molecular flexibility index (Phi) is 4.41. The van der Waals surface area contributed by atoms with Gasteiger partial charge in [0.15, 0.2) is 5.13 Å². The van der Waals surface area contributed by atoms with Crippen LogP contribution in [0, 0.1) is 5.82 Å². The molecule has 1 aromatic carbocycles. The number of hydrogen-bond acceptors (Lipinski definition) is 4. The van der Waals surface area contributed by atoms with Crippen LogP contribution in [0.1, 0.15) is 16.1 Å². The molecule has 1 heterocycles. The topological polar surface area (TPSA) is 71.1 Å². The van der Waals surface area contributed by atoms with E-state index in [2.05, 4.69) is 15.6 Å². The first-order chi connectivity index (χ1) is 9.58. The summed E-state index contributed by atoms with van der Waals surface area (Å²) in [6.45, 7) is 0. The van der Waals surface area contributed by atoms with Crippen LogP contribution in [-0.2, 0) is 11.2 Å². The van der Waals surface area contributed by atoms with Crippen LogP contribution in [0.4, 0.5) is 9.52 Å². The highest BCUT2D eigenvalue weighted by Gasteiger charge is 2.11. The third-order valence-corrected chi connectivity index (χ3v) is 3.25. The van der Waals surface area contributed by atoms with Crippen LogP contribution in [0.2, 0.25) is 0 Å². The molecule has 0 radical (unpaired) electrons. The van der Waals surface area contributed by atoms with Crippen LogP contribution in [-0.4, -0.2) is 23.8 Å². The first-order valence-electron chi connectivity index (χ1n) is 5.80. The number of thiazole rings is 1. The van der Waals surface area contributed by atoms with Crippen molar-refractivity contribution >= 4 is 28.3 Å². The molecule has 104 valence electrons. The van der Waals surface area contributed by atoms with Crippen molar-refractivity contribution in [3.8, 4) is 0 Å². The summed E-state index contributed by atoms with van der Waals surface area (Å²) in [4.78, 5) is 27.1. The molecule has 0 aliphatic rings. The maximum absolute atomic E-state index is 12.7. The second-order valence-corrected chi connectivity index (χ2v) is 4.83. The molecule has 0 atom stereocenters. The van der Waals surface area contributed by atoms with Crippen molar-refractivity contribution in [3.05, 3.63) is 46.7 Å². The Balaban J connectivity index is 1.96. The molecule has 1 aromatic heterocycles. The van der Waals surface area contributed by atoms with E-state index >= 15 is 0 Å². The first kappa shape index (κ1) is 14.1. The van der Waals surface area contributed by atoms with Crippen LogP contribution in [0.5, 0.6) is 0 Å². The van der Waals surface area contributed by atoms with E-state index in [4.69, 9.17) is 0 Å². The average Bonchev–Trinajstić information content (AvgIpc) is 2.89. The second kappa shape index (κ2) is 6.25. The molecule has 2 rings (SSSR count). The molecule has 0 fully saturated rings. The number of aromatic nitrogens is 1. The molecule has 7 heteroatoms. The molecule has 0 spiro atoms. The van der Waals surface area contributed by atoms with Gasteiger partial charge in [-0.1, -0.05) is 12.1 Å². The Morgan fingerprint density at radius 2 is 2.00 bits per heavy atom. The summed E-state index contributed by atoms with van der Waals surface area (Å²) in [5, 5.41) is 6.97. The highest BCUT2D eigenvalue weighted by atomic mass is 32.1. The van der Waals surface area contributed by atoms with Crippen molar-refractivity contribution in [1.82, 2.24) is 10.3 Å². The lowest BCUT2D eigenvalue weighted by Crippen LogP contribution is -2.18. The number of benzene rings is 1. The minimum Gasteiger partial charge on any atom is -0.354 e. The average molecular weight is 293 g/mol. The lowest BCUT2D eigenvalue weighted by Gasteiger charge is -2.02. The van der Waals surface area contributed by atoms with E-state index in [0.29, 0.717) is 10.7 Å². The number of rotatable bonds is 4. The van der Waals surface area contributed by atoms with Gasteiger partial charge in [0.1, 0.15) is 11.5 Å². The van der Waals surface area contributed by atoms with Gasteiger partial charge >= 0.3 is 0 Å². The molecule has 0 aliphatic carbocycles. The van der Waals surface area contributed by atoms with Crippen molar-refractivity contribution in [2.45, 2.75) is 6.42 Å². The smallest absolute Gasteiger partial charge is 0.270 e. The van der Waals surface area contributed by atoms with E-state index in [9.17, 15) is 14.0 Å². The van der Waals surface area contributed by atoms with Gasteiger partial charge in [0.05, 0.1) is 6.42 Å². The van der Waals surface area contributed by atoms with E-state index in [1.165, 1.54) is 30.5 Å². The summed E-state index contributed by atoms with van der Waals surface area (Å²) >= 11 is 1.17. The number of nitrogens with one attached hydrogen (secondary N) is 2. The molecule has 0 saturated carbocycles. The predicted molar refractivity (Wildman–Crippen MR) is 74.2 cm³/mol. The fourth-order valence-corrected chi connectivity index (χ4v) is 2.22. The van der Waals surface area contributed by atoms with Crippen LogP contribution < -0.4 is 10.6 Å². The fourth-order valence-electron chi connectivity index (χ4n) is 1.51. The van der Waals surface area contributed by atoms with E-state index in [-0.39, 0.29) is 29.7 Å². The minimum absolute atomic E-state index is 0.120. The van der Waals surface area contributed by atoms with Crippen LogP contribution in [0.25, 0.3) is 0 Å². The third-order valence-electron chi connectivity index (χ3n) is 2.49. The summed E-state index contributed by atoms with van der Waals surface area (Å²) in [6, 6.07) is 5.70. The Morgan fingerprint density at radius 3 is 2.65 bits per heavy atom. The summed E-state index contributed by atoms with van der Waals surface area (Å²) in [7, 11) is 1.51. The van der Waals surface area contributed by atoms with Gasteiger partial charge in [-0.05, 0) is 17.7 Å². The zero-order valence-electron chi connectivity index (χ0n) is 10.6. The van der Waals surface area contributed by atoms with E-state index in [1.807, 2.05) is 0 Å². The number of amides is 2. The number of carbonyl (C=O) groups excluding carboxylic acids is 2. The number of carbonyl (C=O) groups is 2. The molecule has 5 nitrogen and oxygen atoms in total. The quantitative estimate of drug-likeness (QED) is 0.903.